The van der Waals surface area contributed by atoms with E-state index in [1.807, 2.05) is 6.92 Å². The largest absolute Gasteiger partial charge is 0.390 e. The number of aliphatic hydroxyl groups is 7. The van der Waals surface area contributed by atoms with Crippen LogP contribution in [0.1, 0.15) is 72.1 Å². The van der Waals surface area contributed by atoms with Gasteiger partial charge in [-0.3, -0.25) is 9.69 Å². The molecule has 9 nitrogen and oxygen atoms in total. The fourth-order valence-corrected chi connectivity index (χ4v) is 10.4. The first-order valence-electron chi connectivity index (χ1n) is 13.8. The summed E-state index contributed by atoms with van der Waals surface area (Å²) in [7, 11) is 0. The van der Waals surface area contributed by atoms with Gasteiger partial charge in [-0.15, -0.1) is 0 Å². The van der Waals surface area contributed by atoms with Crippen LogP contribution in [-0.4, -0.2) is 106 Å². The quantitative estimate of drug-likeness (QED) is 0.224. The van der Waals surface area contributed by atoms with E-state index < -0.39 is 69.4 Å². The van der Waals surface area contributed by atoms with Crippen molar-refractivity contribution >= 4 is 5.78 Å². The van der Waals surface area contributed by atoms with Gasteiger partial charge in [0.1, 0.15) is 28.5 Å². The summed E-state index contributed by atoms with van der Waals surface area (Å²) >= 11 is 0. The van der Waals surface area contributed by atoms with Crippen molar-refractivity contribution in [3.05, 3.63) is 0 Å². The maximum Gasteiger partial charge on any atom is 0.164 e. The van der Waals surface area contributed by atoms with Gasteiger partial charge in [0.15, 0.2) is 5.78 Å². The number of hydrogen-bond donors (Lipinski definition) is 7. The number of rotatable bonds is 0. The van der Waals surface area contributed by atoms with Crippen molar-refractivity contribution in [2.75, 3.05) is 13.1 Å². The number of aliphatic hydroxyl groups excluding tert-OH is 2. The third kappa shape index (κ3) is 2.62. The van der Waals surface area contributed by atoms with Crippen molar-refractivity contribution < 1.29 is 40.5 Å². The number of nitrogens with zero attached hydrogens (tertiary/aromatic N) is 1. The lowest BCUT2D eigenvalue weighted by Gasteiger charge is -2.68. The Morgan fingerprint density at radius 3 is 2.22 bits per heavy atom. The van der Waals surface area contributed by atoms with Crippen LogP contribution in [0.4, 0.5) is 0 Å². The minimum Gasteiger partial charge on any atom is -0.390 e. The molecule has 2 aliphatic heterocycles. The SMILES string of the molecule is CC1CCC2N(C1)CC1C3(O)CC4(O)C(CCC5C(=O)C(O)CCC54C)C3(O)CC(O)C1(O)C2(C)O. The fourth-order valence-electron chi connectivity index (χ4n) is 10.4. The van der Waals surface area contributed by atoms with Gasteiger partial charge in [-0.2, -0.15) is 0 Å². The molecular formula is C27H43NO8. The molecule has 0 spiro atoms. The molecule has 204 valence electrons. The zero-order valence-corrected chi connectivity index (χ0v) is 21.6. The molecule has 9 heteroatoms. The highest BCUT2D eigenvalue weighted by atomic mass is 16.4. The molecule has 2 heterocycles. The van der Waals surface area contributed by atoms with Crippen molar-refractivity contribution in [3.63, 3.8) is 0 Å². The van der Waals surface area contributed by atoms with Gasteiger partial charge in [0.05, 0.1) is 11.7 Å². The van der Waals surface area contributed by atoms with Crippen molar-refractivity contribution in [2.24, 2.45) is 29.1 Å². The van der Waals surface area contributed by atoms with Crippen LogP contribution in [0.15, 0.2) is 0 Å². The number of carbonyl (C=O) groups is 1. The van der Waals surface area contributed by atoms with E-state index in [1.165, 1.54) is 6.92 Å². The van der Waals surface area contributed by atoms with Crippen LogP contribution in [0.25, 0.3) is 0 Å². The molecule has 0 radical (unpaired) electrons. The highest BCUT2D eigenvalue weighted by molar-refractivity contribution is 5.87. The van der Waals surface area contributed by atoms with Gasteiger partial charge in [0.2, 0.25) is 0 Å². The molecule has 13 unspecified atom stereocenters. The Kier molecular flexibility index (Phi) is 5.19. The predicted molar refractivity (Wildman–Crippen MR) is 127 cm³/mol. The van der Waals surface area contributed by atoms with E-state index in [0.717, 1.165) is 6.42 Å². The summed E-state index contributed by atoms with van der Waals surface area (Å²) < 4.78 is 0. The predicted octanol–water partition coefficient (Wildman–Crippen LogP) is -0.683. The van der Waals surface area contributed by atoms with Crippen LogP contribution in [0.5, 0.6) is 0 Å². The third-order valence-corrected chi connectivity index (χ3v) is 12.5. The zero-order valence-electron chi connectivity index (χ0n) is 21.6. The van der Waals surface area contributed by atoms with Crippen molar-refractivity contribution in [2.45, 2.75) is 118 Å². The Hall–Kier alpha value is -0.650. The maximum absolute atomic E-state index is 13.0. The number of Topliss-reactive ketones (excluding diaryl/α,β-unsaturated/α-hetero) is 1. The van der Waals surface area contributed by atoms with E-state index in [-0.39, 0.29) is 38.0 Å². The first-order chi connectivity index (χ1) is 16.6. The normalized spacial score (nSPS) is 63.1. The first-order valence-corrected chi connectivity index (χ1v) is 13.8. The molecule has 6 fully saturated rings. The Morgan fingerprint density at radius 1 is 0.833 bits per heavy atom. The summed E-state index contributed by atoms with van der Waals surface area (Å²) in [6.45, 7) is 6.31. The minimum atomic E-state index is -2.08. The average Bonchev–Trinajstić information content (AvgIpc) is 2.97. The van der Waals surface area contributed by atoms with Gasteiger partial charge in [-0.25, -0.2) is 0 Å². The zero-order chi connectivity index (χ0) is 26.3. The second-order valence-corrected chi connectivity index (χ2v) is 13.9. The van der Waals surface area contributed by atoms with E-state index in [1.54, 1.807) is 0 Å². The highest BCUT2D eigenvalue weighted by Crippen LogP contribution is 2.71. The summed E-state index contributed by atoms with van der Waals surface area (Å²) in [6, 6.07) is -0.398. The molecule has 0 aromatic heterocycles. The topological polar surface area (TPSA) is 162 Å². The molecule has 0 aromatic rings. The number of piperidine rings is 2. The van der Waals surface area contributed by atoms with Gasteiger partial charge in [-0.1, -0.05) is 13.8 Å². The molecule has 7 N–H and O–H groups in total. The minimum absolute atomic E-state index is 0.179. The van der Waals surface area contributed by atoms with E-state index >= 15 is 0 Å². The van der Waals surface area contributed by atoms with Crippen LogP contribution in [0.3, 0.4) is 0 Å². The average molecular weight is 510 g/mol. The summed E-state index contributed by atoms with van der Waals surface area (Å²) in [6.07, 6.45) is -0.498. The lowest BCUT2D eigenvalue weighted by atomic mass is 9.48. The van der Waals surface area contributed by atoms with Crippen LogP contribution in [0.2, 0.25) is 0 Å². The van der Waals surface area contributed by atoms with Crippen molar-refractivity contribution in [3.8, 4) is 0 Å². The van der Waals surface area contributed by atoms with Gasteiger partial charge >= 0.3 is 0 Å². The third-order valence-electron chi connectivity index (χ3n) is 12.5. The lowest BCUT2D eigenvalue weighted by molar-refractivity contribution is -0.354. The Morgan fingerprint density at radius 2 is 1.53 bits per heavy atom. The Balaban J connectivity index is 1.47. The van der Waals surface area contributed by atoms with E-state index in [9.17, 15) is 40.5 Å². The number of fused-ring (bicyclic) bond motifs is 8. The summed E-state index contributed by atoms with van der Waals surface area (Å²) in [4.78, 5) is 15.0. The number of carbonyl (C=O) groups excluding carboxylic acids is 1. The molecule has 4 aliphatic carbocycles. The second-order valence-electron chi connectivity index (χ2n) is 13.9. The van der Waals surface area contributed by atoms with Crippen molar-refractivity contribution in [1.82, 2.24) is 4.90 Å². The molecule has 0 bridgehead atoms. The molecule has 0 amide bonds. The van der Waals surface area contributed by atoms with Crippen LogP contribution in [-0.2, 0) is 4.79 Å². The summed E-state index contributed by atoms with van der Waals surface area (Å²) in [5.74, 6) is -2.47. The van der Waals surface area contributed by atoms with E-state index in [0.29, 0.717) is 31.7 Å². The number of ketones is 1. The summed E-state index contributed by atoms with van der Waals surface area (Å²) in [5.41, 5.74) is -10.4. The monoisotopic (exact) mass is 509 g/mol. The van der Waals surface area contributed by atoms with Gasteiger partial charge in [0, 0.05) is 55.1 Å². The first kappa shape index (κ1) is 25.6. The van der Waals surface area contributed by atoms with Gasteiger partial charge in [-0.05, 0) is 51.4 Å². The lowest BCUT2D eigenvalue weighted by Crippen LogP contribution is -2.85. The molecule has 2 saturated heterocycles. The maximum atomic E-state index is 13.0. The van der Waals surface area contributed by atoms with Crippen LogP contribution >= 0.6 is 0 Å². The van der Waals surface area contributed by atoms with Crippen LogP contribution < -0.4 is 0 Å². The fraction of sp³-hybridized carbons (Fsp3) is 0.963. The highest BCUT2D eigenvalue weighted by Gasteiger charge is 2.84. The molecule has 6 aliphatic rings. The van der Waals surface area contributed by atoms with Gasteiger partial charge in [0.25, 0.3) is 0 Å². The second kappa shape index (κ2) is 7.30. The van der Waals surface area contributed by atoms with Gasteiger partial charge < -0.3 is 35.7 Å². The smallest absolute Gasteiger partial charge is 0.164 e. The molecule has 6 rings (SSSR count). The molecule has 4 saturated carbocycles. The molecular weight excluding hydrogens is 466 g/mol. The Labute approximate surface area is 212 Å². The molecule has 36 heavy (non-hydrogen) atoms. The van der Waals surface area contributed by atoms with Crippen LogP contribution in [0, 0.1) is 29.1 Å². The molecule has 0 aromatic carbocycles. The van der Waals surface area contributed by atoms with E-state index in [2.05, 4.69) is 11.8 Å². The van der Waals surface area contributed by atoms with Crippen molar-refractivity contribution in [1.29, 1.82) is 0 Å². The van der Waals surface area contributed by atoms with E-state index in [4.69, 9.17) is 0 Å². The molecule has 13 atom stereocenters. The summed E-state index contributed by atoms with van der Waals surface area (Å²) in [5, 5.41) is 82.9. The standard InChI is InChI=1S/C27H43NO8/c1-14-4-7-19-23(3,32)27(36)18(12-28(19)11-14)26(35)13-25(34)17(24(26,33)10-20(27)30)6-5-15-21(31)16(29)8-9-22(15,25)2/h14-20,29-30,32-36H,4-13H2,1-3H3. The Bertz CT molecular complexity index is 975. The number of hydrogen-bond acceptors (Lipinski definition) is 9.